The number of nitrogens with one attached hydrogen (secondary N) is 2. The number of aromatic amines is 1. The van der Waals surface area contributed by atoms with Crippen LogP contribution >= 0.6 is 11.6 Å². The zero-order valence-corrected chi connectivity index (χ0v) is 16.2. The molecule has 2 aromatic carbocycles. The molecule has 3 unspecified atom stereocenters. The Labute approximate surface area is 168 Å². The maximum atomic E-state index is 12.7. The van der Waals surface area contributed by atoms with Crippen molar-refractivity contribution in [2.24, 2.45) is 5.92 Å². The van der Waals surface area contributed by atoms with Crippen molar-refractivity contribution >= 4 is 22.6 Å². The minimum Gasteiger partial charge on any atom is -0.491 e. The van der Waals surface area contributed by atoms with Crippen LogP contribution in [0.4, 0.5) is 0 Å². The van der Waals surface area contributed by atoms with E-state index in [1.165, 1.54) is 0 Å². The third kappa shape index (κ3) is 4.09. The second-order valence-electron chi connectivity index (χ2n) is 7.29. The molecule has 0 saturated carbocycles. The van der Waals surface area contributed by atoms with Crippen LogP contribution in [-0.4, -0.2) is 40.5 Å². The number of benzene rings is 2. The van der Waals surface area contributed by atoms with Crippen LogP contribution in [0.2, 0.25) is 5.02 Å². The number of nitrogens with zero attached hydrogens (tertiary/aromatic N) is 1. The summed E-state index contributed by atoms with van der Waals surface area (Å²) in [4.78, 5) is 15.6. The molecule has 1 aliphatic heterocycles. The lowest BCUT2D eigenvalue weighted by Gasteiger charge is -2.27. The average Bonchev–Trinajstić information content (AvgIpc) is 3.33. The largest absolute Gasteiger partial charge is 0.491 e. The van der Waals surface area contributed by atoms with Crippen LogP contribution in [0.1, 0.15) is 18.9 Å². The van der Waals surface area contributed by atoms with Gasteiger partial charge in [-0.1, -0.05) is 23.7 Å². The highest BCUT2D eigenvalue weighted by Gasteiger charge is 2.30. The van der Waals surface area contributed by atoms with Gasteiger partial charge in [-0.15, -0.1) is 0 Å². The number of aliphatic hydroxyl groups excluding tert-OH is 1. The molecule has 1 saturated heterocycles. The van der Waals surface area contributed by atoms with Gasteiger partial charge in [0.05, 0.1) is 17.1 Å². The summed E-state index contributed by atoms with van der Waals surface area (Å²) in [5.74, 6) is 0.939. The van der Waals surface area contributed by atoms with Crippen LogP contribution in [0.15, 0.2) is 53.3 Å². The second kappa shape index (κ2) is 8.39. The second-order valence-corrected chi connectivity index (χ2v) is 7.73. The first kappa shape index (κ1) is 19.1. The molecule has 7 heteroatoms. The van der Waals surface area contributed by atoms with Crippen molar-refractivity contribution in [3.05, 3.63) is 64.0 Å². The minimum atomic E-state index is -0.693. The average molecular weight is 402 g/mol. The first-order chi connectivity index (χ1) is 13.6. The number of aromatic nitrogens is 2. The molecule has 0 amide bonds. The lowest BCUT2D eigenvalue weighted by atomic mass is 9.93. The molecular weight excluding hydrogens is 378 g/mol. The summed E-state index contributed by atoms with van der Waals surface area (Å²) in [7, 11) is 0. The highest BCUT2D eigenvalue weighted by Crippen LogP contribution is 2.30. The predicted octanol–water partition coefficient (Wildman–Crippen LogP) is 2.96. The quantitative estimate of drug-likeness (QED) is 0.568. The molecule has 3 aromatic rings. The molecule has 0 aliphatic carbocycles. The number of hydrogen-bond acceptors (Lipinski definition) is 4. The lowest BCUT2D eigenvalue weighted by molar-refractivity contribution is 0.0777. The van der Waals surface area contributed by atoms with Crippen LogP contribution in [0.3, 0.4) is 0 Å². The number of ether oxygens (including phenoxy) is 1. The van der Waals surface area contributed by atoms with Gasteiger partial charge >= 0.3 is 5.69 Å². The topological polar surface area (TPSA) is 79.3 Å². The summed E-state index contributed by atoms with van der Waals surface area (Å²) in [6.07, 6.45) is 0.727. The number of imidazole rings is 1. The number of H-pyrrole nitrogens is 1. The number of fused-ring (bicyclic) bond motifs is 1. The van der Waals surface area contributed by atoms with E-state index in [1.807, 2.05) is 24.3 Å². The van der Waals surface area contributed by atoms with E-state index in [0.29, 0.717) is 17.2 Å². The van der Waals surface area contributed by atoms with E-state index >= 15 is 0 Å². The van der Waals surface area contributed by atoms with Crippen molar-refractivity contribution in [3.8, 4) is 5.75 Å². The van der Waals surface area contributed by atoms with Crippen LogP contribution in [0.5, 0.6) is 5.75 Å². The molecule has 0 spiro atoms. The number of rotatable bonds is 7. The Morgan fingerprint density at radius 3 is 2.75 bits per heavy atom. The fourth-order valence-corrected chi connectivity index (χ4v) is 4.11. The molecule has 28 heavy (non-hydrogen) atoms. The summed E-state index contributed by atoms with van der Waals surface area (Å²) in [5.41, 5.74) is 1.55. The summed E-state index contributed by atoms with van der Waals surface area (Å²) < 4.78 is 7.51. The number of para-hydroxylation sites is 2. The molecule has 4 rings (SSSR count). The van der Waals surface area contributed by atoms with Gasteiger partial charge in [0.15, 0.2) is 0 Å². The molecule has 148 valence electrons. The lowest BCUT2D eigenvalue weighted by Crippen LogP contribution is -2.33. The van der Waals surface area contributed by atoms with Crippen molar-refractivity contribution in [1.82, 2.24) is 14.9 Å². The van der Waals surface area contributed by atoms with Gasteiger partial charge in [0, 0.05) is 11.1 Å². The SMILES string of the molecule is O=c1[nH]c2ccccc2n1C(CC(O)COc1ccc(Cl)cc1)C1CCNC1. The zero-order chi connectivity index (χ0) is 19.5. The molecule has 1 aliphatic rings. The fourth-order valence-electron chi connectivity index (χ4n) is 3.99. The van der Waals surface area contributed by atoms with Crippen molar-refractivity contribution in [2.45, 2.75) is 25.0 Å². The molecule has 2 heterocycles. The Hall–Kier alpha value is -2.28. The molecule has 0 bridgehead atoms. The normalized spacial score (nSPS) is 19.0. The highest BCUT2D eigenvalue weighted by molar-refractivity contribution is 6.30. The number of halogens is 1. The third-order valence-electron chi connectivity index (χ3n) is 5.37. The van der Waals surface area contributed by atoms with Gasteiger partial charge in [0.1, 0.15) is 12.4 Å². The van der Waals surface area contributed by atoms with Gasteiger partial charge in [-0.3, -0.25) is 4.57 Å². The van der Waals surface area contributed by atoms with Crippen molar-refractivity contribution in [2.75, 3.05) is 19.7 Å². The number of aliphatic hydroxyl groups is 1. The smallest absolute Gasteiger partial charge is 0.326 e. The Morgan fingerprint density at radius 2 is 2.00 bits per heavy atom. The van der Waals surface area contributed by atoms with E-state index in [4.69, 9.17) is 16.3 Å². The third-order valence-corrected chi connectivity index (χ3v) is 5.62. The van der Waals surface area contributed by atoms with Gasteiger partial charge in [-0.05, 0) is 68.2 Å². The summed E-state index contributed by atoms with van der Waals surface area (Å²) in [5, 5.41) is 14.7. The molecule has 1 aromatic heterocycles. The van der Waals surface area contributed by atoms with E-state index in [1.54, 1.807) is 28.8 Å². The van der Waals surface area contributed by atoms with Gasteiger partial charge in [0.25, 0.3) is 0 Å². The minimum absolute atomic E-state index is 0.109. The van der Waals surface area contributed by atoms with E-state index in [9.17, 15) is 9.90 Å². The molecular formula is C21H24ClN3O3. The van der Waals surface area contributed by atoms with E-state index in [-0.39, 0.29) is 24.3 Å². The predicted molar refractivity (Wildman–Crippen MR) is 110 cm³/mol. The number of hydrogen-bond donors (Lipinski definition) is 3. The van der Waals surface area contributed by atoms with Gasteiger partial charge in [-0.25, -0.2) is 4.79 Å². The fraction of sp³-hybridized carbons (Fsp3) is 0.381. The summed E-state index contributed by atoms with van der Waals surface area (Å²) in [6.45, 7) is 1.92. The standard InChI is InChI=1S/C21H24ClN3O3/c22-15-5-7-17(8-6-15)28-13-16(26)11-20(14-9-10-23-12-14)25-19-4-2-1-3-18(19)24-21(25)27/h1-8,14,16,20,23,26H,9-13H2,(H,24,27). The van der Waals surface area contributed by atoms with Gasteiger partial charge in [0.2, 0.25) is 0 Å². The van der Waals surface area contributed by atoms with Crippen molar-refractivity contribution in [3.63, 3.8) is 0 Å². The van der Waals surface area contributed by atoms with Crippen molar-refractivity contribution in [1.29, 1.82) is 0 Å². The zero-order valence-electron chi connectivity index (χ0n) is 15.5. The first-order valence-electron chi connectivity index (χ1n) is 9.58. The molecule has 3 atom stereocenters. The Bertz CT molecular complexity index is 976. The van der Waals surface area contributed by atoms with Gasteiger partial charge < -0.3 is 20.1 Å². The van der Waals surface area contributed by atoms with Gasteiger partial charge in [-0.2, -0.15) is 0 Å². The van der Waals surface area contributed by atoms with Crippen LogP contribution in [0, 0.1) is 5.92 Å². The summed E-state index contributed by atoms with van der Waals surface area (Å²) >= 11 is 5.89. The molecule has 6 nitrogen and oxygen atoms in total. The van der Waals surface area contributed by atoms with E-state index in [2.05, 4.69) is 10.3 Å². The highest BCUT2D eigenvalue weighted by atomic mass is 35.5. The molecule has 1 fully saturated rings. The summed E-state index contributed by atoms with van der Waals surface area (Å²) in [6, 6.07) is 14.6. The molecule has 3 N–H and O–H groups in total. The maximum Gasteiger partial charge on any atom is 0.326 e. The molecule has 0 radical (unpaired) electrons. The van der Waals surface area contributed by atoms with Crippen LogP contribution < -0.4 is 15.7 Å². The van der Waals surface area contributed by atoms with Crippen LogP contribution in [0.25, 0.3) is 11.0 Å². The Kier molecular flexibility index (Phi) is 5.71. The maximum absolute atomic E-state index is 12.7. The van der Waals surface area contributed by atoms with E-state index < -0.39 is 6.10 Å². The van der Waals surface area contributed by atoms with Crippen LogP contribution in [-0.2, 0) is 0 Å². The Morgan fingerprint density at radius 1 is 1.21 bits per heavy atom. The Balaban J connectivity index is 1.54. The van der Waals surface area contributed by atoms with E-state index in [0.717, 1.165) is 30.5 Å². The first-order valence-corrected chi connectivity index (χ1v) is 9.96. The monoisotopic (exact) mass is 401 g/mol. The van der Waals surface area contributed by atoms with Crippen molar-refractivity contribution < 1.29 is 9.84 Å².